The number of ether oxygens (including phenoxy) is 1. The Labute approximate surface area is 142 Å². The summed E-state index contributed by atoms with van der Waals surface area (Å²) in [6, 6.07) is 13.7. The number of rotatable bonds is 4. The highest BCUT2D eigenvalue weighted by molar-refractivity contribution is 6.01. The van der Waals surface area contributed by atoms with Crippen LogP contribution in [-0.2, 0) is 17.8 Å². The van der Waals surface area contributed by atoms with E-state index in [1.165, 1.54) is 11.1 Å². The number of likely N-dealkylation sites (N-methyl/N-ethyl adjacent to an activating group) is 1. The van der Waals surface area contributed by atoms with Crippen LogP contribution in [0.3, 0.4) is 0 Å². The van der Waals surface area contributed by atoms with Gasteiger partial charge < -0.3 is 15.0 Å². The zero-order chi connectivity index (χ0) is 16.9. The summed E-state index contributed by atoms with van der Waals surface area (Å²) in [5.74, 6) is 0.623. The molecule has 2 aromatic carbocycles. The van der Waals surface area contributed by atoms with Gasteiger partial charge in [-0.05, 0) is 60.5 Å². The van der Waals surface area contributed by atoms with Gasteiger partial charge in [0.1, 0.15) is 5.75 Å². The van der Waals surface area contributed by atoms with Gasteiger partial charge in [0.15, 0.2) is 0 Å². The highest BCUT2D eigenvalue weighted by Crippen LogP contribution is 2.20. The summed E-state index contributed by atoms with van der Waals surface area (Å²) in [7, 11) is 3.75. The molecule has 4 heteroatoms. The van der Waals surface area contributed by atoms with E-state index in [1.54, 1.807) is 13.2 Å². The van der Waals surface area contributed by atoms with Crippen LogP contribution in [0.5, 0.6) is 5.75 Å². The predicted octanol–water partition coefficient (Wildman–Crippen LogP) is 3.34. The van der Waals surface area contributed by atoms with Crippen molar-refractivity contribution in [1.29, 1.82) is 0 Å². The minimum absolute atomic E-state index is 0.144. The summed E-state index contributed by atoms with van der Waals surface area (Å²) < 4.78 is 5.10. The highest BCUT2D eigenvalue weighted by Gasteiger charge is 2.12. The summed E-state index contributed by atoms with van der Waals surface area (Å²) >= 11 is 0. The molecule has 0 fully saturated rings. The van der Waals surface area contributed by atoms with Gasteiger partial charge in [-0.15, -0.1) is 0 Å². The van der Waals surface area contributed by atoms with Gasteiger partial charge in [-0.3, -0.25) is 4.79 Å². The number of methoxy groups -OCH3 is 1. The lowest BCUT2D eigenvalue weighted by Gasteiger charge is -2.25. The first-order valence-corrected chi connectivity index (χ1v) is 8.07. The number of hydrogen-bond donors (Lipinski definition) is 1. The third-order valence-corrected chi connectivity index (χ3v) is 4.22. The van der Waals surface area contributed by atoms with Crippen LogP contribution in [0.15, 0.2) is 48.5 Å². The predicted molar refractivity (Wildman–Crippen MR) is 97.1 cm³/mol. The molecule has 1 amide bonds. The van der Waals surface area contributed by atoms with Gasteiger partial charge >= 0.3 is 0 Å². The van der Waals surface area contributed by atoms with Crippen molar-refractivity contribution >= 4 is 17.7 Å². The van der Waals surface area contributed by atoms with E-state index in [0.717, 1.165) is 36.5 Å². The first-order chi connectivity index (χ1) is 11.6. The van der Waals surface area contributed by atoms with Crippen molar-refractivity contribution in [3.8, 4) is 5.75 Å². The Balaban J connectivity index is 1.64. The zero-order valence-electron chi connectivity index (χ0n) is 14.1. The SMILES string of the molecule is COc1ccc(NC(=O)C=Cc2ccc3c(c2)CN(C)CC3)cc1. The van der Waals surface area contributed by atoms with Crippen LogP contribution in [0.1, 0.15) is 16.7 Å². The van der Waals surface area contributed by atoms with Crippen molar-refractivity contribution in [2.75, 3.05) is 26.0 Å². The van der Waals surface area contributed by atoms with Crippen LogP contribution in [0.25, 0.3) is 6.08 Å². The molecule has 0 aromatic heterocycles. The Hall–Kier alpha value is -2.59. The highest BCUT2D eigenvalue weighted by atomic mass is 16.5. The minimum atomic E-state index is -0.144. The van der Waals surface area contributed by atoms with Crippen molar-refractivity contribution in [2.24, 2.45) is 0 Å². The Morgan fingerprint density at radius 2 is 1.96 bits per heavy atom. The summed E-state index contributed by atoms with van der Waals surface area (Å²) in [5, 5.41) is 2.84. The smallest absolute Gasteiger partial charge is 0.248 e. The lowest BCUT2D eigenvalue weighted by molar-refractivity contribution is -0.111. The summed E-state index contributed by atoms with van der Waals surface area (Å²) in [5.41, 5.74) is 4.56. The fourth-order valence-corrected chi connectivity index (χ4v) is 2.85. The van der Waals surface area contributed by atoms with E-state index >= 15 is 0 Å². The zero-order valence-corrected chi connectivity index (χ0v) is 14.1. The molecule has 0 unspecified atom stereocenters. The van der Waals surface area contributed by atoms with Crippen molar-refractivity contribution in [3.63, 3.8) is 0 Å². The molecule has 1 N–H and O–H groups in total. The van der Waals surface area contributed by atoms with Crippen molar-refractivity contribution in [1.82, 2.24) is 4.90 Å². The van der Waals surface area contributed by atoms with Crippen LogP contribution in [0, 0.1) is 0 Å². The van der Waals surface area contributed by atoms with Gasteiger partial charge in [0, 0.05) is 24.9 Å². The van der Waals surface area contributed by atoms with Crippen molar-refractivity contribution in [2.45, 2.75) is 13.0 Å². The molecule has 0 atom stereocenters. The second kappa shape index (κ2) is 7.32. The monoisotopic (exact) mass is 322 g/mol. The van der Waals surface area contributed by atoms with Crippen LogP contribution in [0.4, 0.5) is 5.69 Å². The fourth-order valence-electron chi connectivity index (χ4n) is 2.85. The second-order valence-electron chi connectivity index (χ2n) is 6.07. The topological polar surface area (TPSA) is 41.6 Å². The summed E-state index contributed by atoms with van der Waals surface area (Å²) in [6.07, 6.45) is 4.51. The molecule has 0 spiro atoms. The number of carbonyl (C=O) groups is 1. The van der Waals surface area contributed by atoms with Gasteiger partial charge in [0.05, 0.1) is 7.11 Å². The summed E-state index contributed by atoms with van der Waals surface area (Å²) in [6.45, 7) is 2.07. The van der Waals surface area contributed by atoms with E-state index in [1.807, 2.05) is 30.3 Å². The van der Waals surface area contributed by atoms with Gasteiger partial charge in [-0.2, -0.15) is 0 Å². The quantitative estimate of drug-likeness (QED) is 0.878. The van der Waals surface area contributed by atoms with Crippen molar-refractivity contribution < 1.29 is 9.53 Å². The maximum atomic E-state index is 12.0. The summed E-state index contributed by atoms with van der Waals surface area (Å²) in [4.78, 5) is 14.4. The molecule has 124 valence electrons. The number of amides is 1. The molecular weight excluding hydrogens is 300 g/mol. The molecule has 3 rings (SSSR count). The maximum absolute atomic E-state index is 12.0. The first-order valence-electron chi connectivity index (χ1n) is 8.07. The largest absolute Gasteiger partial charge is 0.497 e. The average Bonchev–Trinajstić information content (AvgIpc) is 2.60. The Kier molecular flexibility index (Phi) is 4.96. The number of nitrogens with one attached hydrogen (secondary N) is 1. The van der Waals surface area contributed by atoms with Crippen LogP contribution in [-0.4, -0.2) is 31.5 Å². The molecule has 0 saturated carbocycles. The lowest BCUT2D eigenvalue weighted by atomic mass is 9.97. The third-order valence-electron chi connectivity index (χ3n) is 4.22. The number of anilines is 1. The molecule has 0 saturated heterocycles. The van der Waals surface area contributed by atoms with Gasteiger partial charge in [-0.25, -0.2) is 0 Å². The standard InChI is InChI=1S/C20H22N2O2/c1-22-12-11-16-5-3-15(13-17(16)14-22)4-10-20(23)21-18-6-8-19(24-2)9-7-18/h3-10,13H,11-12,14H2,1-2H3,(H,21,23). The first kappa shape index (κ1) is 16.3. The van der Waals surface area contributed by atoms with E-state index in [9.17, 15) is 4.79 Å². The van der Waals surface area contributed by atoms with Crippen LogP contribution in [0.2, 0.25) is 0 Å². The fraction of sp³-hybridized carbons (Fsp3) is 0.250. The molecule has 1 heterocycles. The van der Waals surface area contributed by atoms with Crippen LogP contribution < -0.4 is 10.1 Å². The molecular formula is C20H22N2O2. The number of benzene rings is 2. The molecule has 0 radical (unpaired) electrons. The molecule has 0 aliphatic carbocycles. The Morgan fingerprint density at radius 1 is 1.17 bits per heavy atom. The molecule has 0 bridgehead atoms. The number of nitrogens with zero attached hydrogens (tertiary/aromatic N) is 1. The number of carbonyl (C=O) groups excluding carboxylic acids is 1. The van der Waals surface area contributed by atoms with E-state index in [0.29, 0.717) is 0 Å². The lowest BCUT2D eigenvalue weighted by Crippen LogP contribution is -2.26. The second-order valence-corrected chi connectivity index (χ2v) is 6.07. The molecule has 24 heavy (non-hydrogen) atoms. The van der Waals surface area contributed by atoms with Gasteiger partial charge in [-0.1, -0.05) is 18.2 Å². The number of fused-ring (bicyclic) bond motifs is 1. The molecule has 2 aromatic rings. The van der Waals surface area contributed by atoms with E-state index in [4.69, 9.17) is 4.74 Å². The Morgan fingerprint density at radius 3 is 2.71 bits per heavy atom. The van der Waals surface area contributed by atoms with E-state index < -0.39 is 0 Å². The average molecular weight is 322 g/mol. The van der Waals surface area contributed by atoms with Gasteiger partial charge in [0.25, 0.3) is 0 Å². The normalized spacial score (nSPS) is 14.4. The van der Waals surface area contributed by atoms with E-state index in [-0.39, 0.29) is 5.91 Å². The maximum Gasteiger partial charge on any atom is 0.248 e. The van der Waals surface area contributed by atoms with E-state index in [2.05, 4.69) is 35.5 Å². The van der Waals surface area contributed by atoms with Crippen molar-refractivity contribution in [3.05, 3.63) is 65.2 Å². The van der Waals surface area contributed by atoms with Gasteiger partial charge in [0.2, 0.25) is 5.91 Å². The molecule has 1 aliphatic heterocycles. The van der Waals surface area contributed by atoms with Crippen LogP contribution >= 0.6 is 0 Å². The number of hydrogen-bond acceptors (Lipinski definition) is 3. The Bertz CT molecular complexity index is 751. The minimum Gasteiger partial charge on any atom is -0.497 e. The molecule has 4 nitrogen and oxygen atoms in total. The molecule has 1 aliphatic rings. The third kappa shape index (κ3) is 4.03.